The minimum atomic E-state index is -3.28. The second-order valence-corrected chi connectivity index (χ2v) is 8.09. The van der Waals surface area contributed by atoms with Gasteiger partial charge in [0.05, 0.1) is 5.75 Å². The number of hydrogen-bond acceptors (Lipinski definition) is 3. The topological polar surface area (TPSA) is 73.8 Å². The van der Waals surface area contributed by atoms with Crippen LogP contribution < -0.4 is 10.0 Å². The van der Waals surface area contributed by atoms with E-state index in [0.717, 1.165) is 16.7 Å². The van der Waals surface area contributed by atoms with Crippen molar-refractivity contribution >= 4 is 40.0 Å². The van der Waals surface area contributed by atoms with Gasteiger partial charge in [0.15, 0.2) is 5.96 Å². The van der Waals surface area contributed by atoms with Crippen molar-refractivity contribution in [3.05, 3.63) is 71.0 Å². The molecule has 154 valence electrons. The Hall–Kier alpha value is -1.72. The first-order valence-electron chi connectivity index (χ1n) is 8.48. The molecule has 0 fully saturated rings. The van der Waals surface area contributed by atoms with Crippen LogP contribution in [0.2, 0.25) is 0 Å². The van der Waals surface area contributed by atoms with Crippen LogP contribution in [-0.2, 0) is 28.9 Å². The lowest BCUT2D eigenvalue weighted by Gasteiger charge is -2.22. The molecule has 2 rings (SSSR count). The Bertz CT molecular complexity index is 889. The average Bonchev–Trinajstić information content (AvgIpc) is 2.63. The lowest BCUT2D eigenvalue weighted by molar-refractivity contribution is 0.474. The van der Waals surface area contributed by atoms with E-state index in [1.54, 1.807) is 25.2 Å². The highest BCUT2D eigenvalue weighted by molar-refractivity contribution is 14.0. The standard InChI is InChI=1S/C19H25FN4O2S.HI/c1-21-19(24(3)13-17-5-4-6-18(20)11-17)23-12-15-7-9-16(10-8-15)14-27(25,26)22-2;/h4-11,22H,12-14H2,1-3H3,(H,21,23);1H. The third-order valence-corrected chi connectivity index (χ3v) is 5.36. The Kier molecular flexibility index (Phi) is 9.83. The fraction of sp³-hybridized carbons (Fsp3) is 0.316. The molecular formula is C19H26FIN4O2S. The van der Waals surface area contributed by atoms with Gasteiger partial charge in [0, 0.05) is 27.2 Å². The second-order valence-electron chi connectivity index (χ2n) is 6.17. The van der Waals surface area contributed by atoms with Crippen LogP contribution in [0.15, 0.2) is 53.5 Å². The molecule has 0 aliphatic carbocycles. The summed E-state index contributed by atoms with van der Waals surface area (Å²) in [7, 11) is 1.70. The highest BCUT2D eigenvalue weighted by atomic mass is 127. The molecule has 0 atom stereocenters. The number of guanidine groups is 1. The minimum absolute atomic E-state index is 0. The summed E-state index contributed by atoms with van der Waals surface area (Å²) in [5.41, 5.74) is 2.58. The van der Waals surface area contributed by atoms with Gasteiger partial charge in [-0.1, -0.05) is 36.4 Å². The summed E-state index contributed by atoms with van der Waals surface area (Å²) in [5.74, 6) is 0.375. The molecule has 0 saturated heterocycles. The van der Waals surface area contributed by atoms with Gasteiger partial charge in [0.2, 0.25) is 10.0 Å². The molecule has 0 aliphatic rings. The molecule has 0 spiro atoms. The van der Waals surface area contributed by atoms with Crippen molar-refractivity contribution in [2.75, 3.05) is 21.1 Å². The quantitative estimate of drug-likeness (QED) is 0.335. The third kappa shape index (κ3) is 7.72. The molecule has 0 saturated carbocycles. The molecule has 0 amide bonds. The summed E-state index contributed by atoms with van der Waals surface area (Å²) in [6, 6.07) is 13.8. The maximum absolute atomic E-state index is 13.3. The van der Waals surface area contributed by atoms with E-state index in [-0.39, 0.29) is 35.5 Å². The number of hydrogen-bond donors (Lipinski definition) is 2. The SMILES string of the molecule is CN=C(NCc1ccc(CS(=O)(=O)NC)cc1)N(C)Cc1cccc(F)c1.I. The Morgan fingerprint density at radius 1 is 1.11 bits per heavy atom. The Morgan fingerprint density at radius 3 is 2.32 bits per heavy atom. The second kappa shape index (κ2) is 11.3. The zero-order chi connectivity index (χ0) is 19.9. The van der Waals surface area contributed by atoms with E-state index in [0.29, 0.717) is 19.0 Å². The zero-order valence-corrected chi connectivity index (χ0v) is 19.3. The predicted molar refractivity (Wildman–Crippen MR) is 122 cm³/mol. The monoisotopic (exact) mass is 520 g/mol. The number of benzene rings is 2. The van der Waals surface area contributed by atoms with Crippen LogP contribution >= 0.6 is 24.0 Å². The Balaban J connectivity index is 0.00000392. The fourth-order valence-electron chi connectivity index (χ4n) is 2.59. The lowest BCUT2D eigenvalue weighted by Crippen LogP contribution is -2.38. The number of rotatable bonds is 7. The van der Waals surface area contributed by atoms with Crippen LogP contribution in [0.1, 0.15) is 16.7 Å². The van der Waals surface area contributed by atoms with Crippen molar-refractivity contribution < 1.29 is 12.8 Å². The zero-order valence-electron chi connectivity index (χ0n) is 16.1. The normalized spacial score (nSPS) is 11.6. The van der Waals surface area contributed by atoms with Gasteiger partial charge in [-0.25, -0.2) is 17.5 Å². The van der Waals surface area contributed by atoms with Crippen LogP contribution in [-0.4, -0.2) is 40.4 Å². The van der Waals surface area contributed by atoms with Crippen LogP contribution in [0.25, 0.3) is 0 Å². The van der Waals surface area contributed by atoms with E-state index in [1.165, 1.54) is 19.2 Å². The highest BCUT2D eigenvalue weighted by Crippen LogP contribution is 2.09. The molecular weight excluding hydrogens is 494 g/mol. The number of nitrogens with one attached hydrogen (secondary N) is 2. The molecule has 2 N–H and O–H groups in total. The summed E-state index contributed by atoms with van der Waals surface area (Å²) < 4.78 is 38.8. The maximum atomic E-state index is 13.3. The molecule has 2 aromatic carbocycles. The average molecular weight is 520 g/mol. The van der Waals surface area contributed by atoms with Crippen LogP contribution in [0.5, 0.6) is 0 Å². The molecule has 0 aromatic heterocycles. The van der Waals surface area contributed by atoms with Gasteiger partial charge in [-0.2, -0.15) is 0 Å². The van der Waals surface area contributed by atoms with Crippen molar-refractivity contribution in [3.63, 3.8) is 0 Å². The third-order valence-electron chi connectivity index (χ3n) is 4.02. The van der Waals surface area contributed by atoms with Gasteiger partial charge < -0.3 is 10.2 Å². The summed E-state index contributed by atoms with van der Waals surface area (Å²) in [6.45, 7) is 1.07. The van der Waals surface area contributed by atoms with Gasteiger partial charge in [-0.15, -0.1) is 24.0 Å². The summed E-state index contributed by atoms with van der Waals surface area (Å²) in [5, 5.41) is 3.25. The van der Waals surface area contributed by atoms with Crippen molar-refractivity contribution in [2.24, 2.45) is 4.99 Å². The van der Waals surface area contributed by atoms with E-state index < -0.39 is 10.0 Å². The molecule has 28 heavy (non-hydrogen) atoms. The predicted octanol–water partition coefficient (Wildman–Crippen LogP) is 2.70. The molecule has 9 heteroatoms. The number of nitrogens with zero attached hydrogens (tertiary/aromatic N) is 2. The Labute approximate surface area is 183 Å². The van der Waals surface area contributed by atoms with Gasteiger partial charge in [0.25, 0.3) is 0 Å². The van der Waals surface area contributed by atoms with E-state index in [2.05, 4.69) is 15.0 Å². The fourth-order valence-corrected chi connectivity index (χ4v) is 3.37. The molecule has 2 aromatic rings. The first-order valence-corrected chi connectivity index (χ1v) is 10.1. The first kappa shape index (κ1) is 24.3. The van der Waals surface area contributed by atoms with E-state index in [1.807, 2.05) is 30.1 Å². The maximum Gasteiger partial charge on any atom is 0.215 e. The van der Waals surface area contributed by atoms with Gasteiger partial charge in [0.1, 0.15) is 5.82 Å². The molecule has 0 heterocycles. The van der Waals surface area contributed by atoms with Gasteiger partial charge >= 0.3 is 0 Å². The van der Waals surface area contributed by atoms with Crippen molar-refractivity contribution in [1.29, 1.82) is 0 Å². The van der Waals surface area contributed by atoms with Crippen molar-refractivity contribution in [1.82, 2.24) is 14.9 Å². The van der Waals surface area contributed by atoms with Crippen LogP contribution in [0.4, 0.5) is 4.39 Å². The first-order chi connectivity index (χ1) is 12.8. The van der Waals surface area contributed by atoms with Crippen molar-refractivity contribution in [2.45, 2.75) is 18.8 Å². The lowest BCUT2D eigenvalue weighted by atomic mass is 10.1. The molecule has 0 aliphatic heterocycles. The van der Waals surface area contributed by atoms with Crippen LogP contribution in [0, 0.1) is 5.82 Å². The number of halogens is 2. The number of sulfonamides is 1. The van der Waals surface area contributed by atoms with E-state index in [9.17, 15) is 12.8 Å². The summed E-state index contributed by atoms with van der Waals surface area (Å²) in [6.07, 6.45) is 0. The van der Waals surface area contributed by atoms with Gasteiger partial charge in [-0.3, -0.25) is 4.99 Å². The smallest absolute Gasteiger partial charge is 0.215 e. The molecule has 0 unspecified atom stereocenters. The largest absolute Gasteiger partial charge is 0.352 e. The number of aliphatic imine (C=N–C) groups is 1. The molecule has 0 radical (unpaired) electrons. The van der Waals surface area contributed by atoms with E-state index >= 15 is 0 Å². The van der Waals surface area contributed by atoms with E-state index in [4.69, 9.17) is 0 Å². The van der Waals surface area contributed by atoms with Gasteiger partial charge in [-0.05, 0) is 35.9 Å². The molecule has 6 nitrogen and oxygen atoms in total. The van der Waals surface area contributed by atoms with Crippen LogP contribution in [0.3, 0.4) is 0 Å². The minimum Gasteiger partial charge on any atom is -0.352 e. The van der Waals surface area contributed by atoms with Crippen molar-refractivity contribution in [3.8, 4) is 0 Å². The highest BCUT2D eigenvalue weighted by Gasteiger charge is 2.09. The Morgan fingerprint density at radius 2 is 1.75 bits per heavy atom. The summed E-state index contributed by atoms with van der Waals surface area (Å²) >= 11 is 0. The summed E-state index contributed by atoms with van der Waals surface area (Å²) in [4.78, 5) is 6.15. The molecule has 0 bridgehead atoms.